The van der Waals surface area contributed by atoms with E-state index in [0.717, 1.165) is 16.9 Å². The Hall–Kier alpha value is -3.68. The lowest BCUT2D eigenvalue weighted by molar-refractivity contribution is -0.150. The van der Waals surface area contributed by atoms with E-state index in [2.05, 4.69) is 10.6 Å². The van der Waals surface area contributed by atoms with E-state index in [1.165, 1.54) is 0 Å². The van der Waals surface area contributed by atoms with Gasteiger partial charge in [-0.25, -0.2) is 4.79 Å². The highest BCUT2D eigenvalue weighted by molar-refractivity contribution is 6.09. The number of hydrogen-bond acceptors (Lipinski definition) is 5. The van der Waals surface area contributed by atoms with Crippen LogP contribution >= 0.6 is 0 Å². The average molecular weight is 409 g/mol. The van der Waals surface area contributed by atoms with Crippen LogP contribution in [0.1, 0.15) is 25.0 Å². The first-order chi connectivity index (χ1) is 14.3. The number of hydrogen-bond donors (Lipinski definition) is 2. The van der Waals surface area contributed by atoms with Crippen LogP contribution in [0.3, 0.4) is 0 Å². The van der Waals surface area contributed by atoms with E-state index in [1.54, 1.807) is 49.4 Å². The van der Waals surface area contributed by atoms with E-state index in [9.17, 15) is 19.2 Å². The molecule has 1 aliphatic heterocycles. The summed E-state index contributed by atoms with van der Waals surface area (Å²) in [6.07, 6.45) is 0.887. The summed E-state index contributed by atoms with van der Waals surface area (Å²) in [6.45, 7) is 2.51. The number of rotatable bonds is 7. The van der Waals surface area contributed by atoms with E-state index < -0.39 is 42.5 Å². The summed E-state index contributed by atoms with van der Waals surface area (Å²) in [5, 5.41) is 5.23. The molecule has 0 aromatic heterocycles. The molecular weight excluding hydrogens is 386 g/mol. The molecule has 2 N–H and O–H groups in total. The predicted octanol–water partition coefficient (Wildman–Crippen LogP) is 2.20. The number of ether oxygens (including phenoxy) is 1. The van der Waals surface area contributed by atoms with Gasteiger partial charge in [0.25, 0.3) is 11.8 Å². The molecule has 30 heavy (non-hydrogen) atoms. The number of nitrogens with zero attached hydrogens (tertiary/aromatic N) is 1. The molecule has 3 rings (SSSR count). The van der Waals surface area contributed by atoms with Crippen molar-refractivity contribution in [2.75, 3.05) is 18.5 Å². The maximum atomic E-state index is 12.8. The smallest absolute Gasteiger partial charge is 0.326 e. The highest BCUT2D eigenvalue weighted by Crippen LogP contribution is 2.28. The number of urea groups is 1. The molecule has 8 nitrogen and oxygen atoms in total. The fraction of sp³-hybridized carbons (Fsp3) is 0.273. The van der Waals surface area contributed by atoms with Crippen molar-refractivity contribution in [2.24, 2.45) is 0 Å². The topological polar surface area (TPSA) is 105 Å². The minimum Gasteiger partial charge on any atom is -0.454 e. The van der Waals surface area contributed by atoms with E-state index in [-0.39, 0.29) is 0 Å². The molecule has 0 bridgehead atoms. The number of imide groups is 1. The number of nitrogens with one attached hydrogen (secondary N) is 2. The zero-order valence-corrected chi connectivity index (χ0v) is 16.8. The summed E-state index contributed by atoms with van der Waals surface area (Å²) in [6, 6.07) is 15.4. The van der Waals surface area contributed by atoms with Crippen molar-refractivity contribution < 1.29 is 23.9 Å². The Morgan fingerprint density at radius 3 is 2.37 bits per heavy atom. The second-order valence-electron chi connectivity index (χ2n) is 7.07. The molecule has 0 aliphatic carbocycles. The molecule has 0 radical (unpaired) electrons. The van der Waals surface area contributed by atoms with E-state index in [0.29, 0.717) is 11.3 Å². The SMILES string of the molecule is CCc1ccc(NC(=O)COC(=O)CN2C(=O)N[C@](C)(c3ccccc3)C2=O)cc1. The molecule has 2 aromatic rings. The molecular formula is C22H23N3O5. The molecule has 4 amide bonds. The molecule has 1 heterocycles. The number of aryl methyl sites for hydroxylation is 1. The van der Waals surface area contributed by atoms with Crippen molar-refractivity contribution in [3.05, 3.63) is 65.7 Å². The zero-order chi connectivity index (χ0) is 21.7. The standard InChI is InChI=1S/C22H23N3O5/c1-3-15-9-11-17(12-10-15)23-18(26)14-30-19(27)13-25-20(28)22(2,24-21(25)29)16-7-5-4-6-8-16/h4-12H,3,13-14H2,1-2H3,(H,23,26)(H,24,29)/t22-/m1/s1. The minimum absolute atomic E-state index is 0.515. The summed E-state index contributed by atoms with van der Waals surface area (Å²) in [5.74, 6) is -1.93. The van der Waals surface area contributed by atoms with Crippen LogP contribution in [0.4, 0.5) is 10.5 Å². The van der Waals surface area contributed by atoms with Crippen LogP contribution in [0.5, 0.6) is 0 Å². The van der Waals surface area contributed by atoms with Crippen LogP contribution in [-0.4, -0.2) is 41.9 Å². The number of carbonyl (C=O) groups excluding carboxylic acids is 4. The van der Waals surface area contributed by atoms with Gasteiger partial charge < -0.3 is 15.4 Å². The number of carbonyl (C=O) groups is 4. The number of amides is 4. The minimum atomic E-state index is -1.26. The van der Waals surface area contributed by atoms with Crippen LogP contribution in [-0.2, 0) is 31.1 Å². The number of esters is 1. The van der Waals surface area contributed by atoms with E-state index in [1.807, 2.05) is 19.1 Å². The third-order valence-corrected chi connectivity index (χ3v) is 4.92. The van der Waals surface area contributed by atoms with Crippen molar-refractivity contribution in [1.29, 1.82) is 0 Å². The van der Waals surface area contributed by atoms with Crippen molar-refractivity contribution >= 4 is 29.5 Å². The van der Waals surface area contributed by atoms with Gasteiger partial charge in [-0.2, -0.15) is 0 Å². The quantitative estimate of drug-likeness (QED) is 0.539. The van der Waals surface area contributed by atoms with Gasteiger partial charge in [0.1, 0.15) is 12.1 Å². The van der Waals surface area contributed by atoms with E-state index >= 15 is 0 Å². The van der Waals surface area contributed by atoms with Gasteiger partial charge in [0, 0.05) is 5.69 Å². The fourth-order valence-electron chi connectivity index (χ4n) is 3.15. The molecule has 1 fully saturated rings. The first-order valence-corrected chi connectivity index (χ1v) is 9.57. The normalized spacial score (nSPS) is 18.1. The summed E-state index contributed by atoms with van der Waals surface area (Å²) >= 11 is 0. The lowest BCUT2D eigenvalue weighted by Gasteiger charge is -2.21. The molecule has 1 saturated heterocycles. The number of benzene rings is 2. The van der Waals surface area contributed by atoms with Crippen LogP contribution in [0, 0.1) is 0 Å². The molecule has 0 saturated carbocycles. The first-order valence-electron chi connectivity index (χ1n) is 9.57. The van der Waals surface area contributed by atoms with Crippen LogP contribution in [0.2, 0.25) is 0 Å². The maximum absolute atomic E-state index is 12.8. The van der Waals surface area contributed by atoms with E-state index in [4.69, 9.17) is 4.74 Å². The van der Waals surface area contributed by atoms with Crippen molar-refractivity contribution in [1.82, 2.24) is 10.2 Å². The Balaban J connectivity index is 1.53. The monoisotopic (exact) mass is 409 g/mol. The molecule has 0 unspecified atom stereocenters. The Morgan fingerprint density at radius 1 is 1.07 bits per heavy atom. The van der Waals surface area contributed by atoms with Gasteiger partial charge in [0.15, 0.2) is 6.61 Å². The van der Waals surface area contributed by atoms with Gasteiger partial charge in [-0.1, -0.05) is 49.4 Å². The predicted molar refractivity (Wildman–Crippen MR) is 109 cm³/mol. The summed E-state index contributed by atoms with van der Waals surface area (Å²) in [7, 11) is 0. The number of anilines is 1. The Morgan fingerprint density at radius 2 is 1.73 bits per heavy atom. The molecule has 8 heteroatoms. The van der Waals surface area contributed by atoms with Crippen molar-refractivity contribution in [3.8, 4) is 0 Å². The van der Waals surface area contributed by atoms with Gasteiger partial charge in [-0.05, 0) is 36.6 Å². The second kappa shape index (κ2) is 8.77. The Kier molecular flexibility index (Phi) is 6.15. The lowest BCUT2D eigenvalue weighted by Crippen LogP contribution is -2.41. The van der Waals surface area contributed by atoms with Gasteiger partial charge in [-0.15, -0.1) is 0 Å². The van der Waals surface area contributed by atoms with Crippen LogP contribution in [0.15, 0.2) is 54.6 Å². The van der Waals surface area contributed by atoms with Gasteiger partial charge in [-0.3, -0.25) is 19.3 Å². The fourth-order valence-corrected chi connectivity index (χ4v) is 3.15. The molecule has 0 spiro atoms. The molecule has 1 aliphatic rings. The second-order valence-corrected chi connectivity index (χ2v) is 7.07. The van der Waals surface area contributed by atoms with Crippen molar-refractivity contribution in [3.63, 3.8) is 0 Å². The Labute approximate surface area is 174 Å². The third kappa shape index (κ3) is 4.48. The van der Waals surface area contributed by atoms with Gasteiger partial charge >= 0.3 is 12.0 Å². The first kappa shape index (κ1) is 21.0. The van der Waals surface area contributed by atoms with Crippen LogP contribution in [0.25, 0.3) is 0 Å². The molecule has 156 valence electrons. The average Bonchev–Trinajstić information content (AvgIpc) is 2.97. The highest BCUT2D eigenvalue weighted by atomic mass is 16.5. The van der Waals surface area contributed by atoms with Crippen LogP contribution < -0.4 is 10.6 Å². The third-order valence-electron chi connectivity index (χ3n) is 4.92. The van der Waals surface area contributed by atoms with Crippen molar-refractivity contribution in [2.45, 2.75) is 25.8 Å². The summed E-state index contributed by atoms with van der Waals surface area (Å²) in [5.41, 5.74) is 1.06. The Bertz CT molecular complexity index is 958. The summed E-state index contributed by atoms with van der Waals surface area (Å²) < 4.78 is 4.93. The zero-order valence-electron chi connectivity index (χ0n) is 16.8. The highest BCUT2D eigenvalue weighted by Gasteiger charge is 2.49. The molecule has 1 atom stereocenters. The maximum Gasteiger partial charge on any atom is 0.326 e. The van der Waals surface area contributed by atoms with Gasteiger partial charge in [0.2, 0.25) is 0 Å². The summed E-state index contributed by atoms with van der Waals surface area (Å²) in [4.78, 5) is 49.9. The largest absolute Gasteiger partial charge is 0.454 e. The molecule has 2 aromatic carbocycles. The van der Waals surface area contributed by atoms with Gasteiger partial charge in [0.05, 0.1) is 0 Å². The lowest BCUT2D eigenvalue weighted by atomic mass is 9.92.